The fraction of sp³-hybridized carbons (Fsp3) is 0.630. The van der Waals surface area contributed by atoms with Crippen LogP contribution in [0, 0.1) is 28.6 Å². The molecular formula is C27H33NO7. The van der Waals surface area contributed by atoms with Crippen LogP contribution < -0.4 is 5.32 Å². The first kappa shape index (κ1) is 24.0. The number of carbonyl (C=O) groups excluding carboxylic acids is 4. The Morgan fingerprint density at radius 1 is 1.20 bits per heavy atom. The number of nitrogens with one attached hydrogen (secondary N) is 1. The fourth-order valence-corrected chi connectivity index (χ4v) is 7.37. The molecule has 1 aromatic heterocycles. The van der Waals surface area contributed by atoms with E-state index in [1.807, 2.05) is 13.8 Å². The Morgan fingerprint density at radius 2 is 1.94 bits per heavy atom. The average Bonchev–Trinajstić information content (AvgIpc) is 3.49. The van der Waals surface area contributed by atoms with Crippen molar-refractivity contribution < 1.29 is 33.1 Å². The molecule has 2 aliphatic carbocycles. The van der Waals surface area contributed by atoms with Crippen molar-refractivity contribution in [3.63, 3.8) is 0 Å². The van der Waals surface area contributed by atoms with E-state index in [0.29, 0.717) is 24.8 Å². The summed E-state index contributed by atoms with van der Waals surface area (Å²) in [7, 11) is 1.35. The maximum Gasteiger partial charge on any atom is 0.331 e. The van der Waals surface area contributed by atoms with Crippen molar-refractivity contribution in [2.45, 2.75) is 71.1 Å². The first-order valence-electron chi connectivity index (χ1n) is 12.3. The van der Waals surface area contributed by atoms with Gasteiger partial charge in [-0.25, -0.2) is 4.79 Å². The minimum atomic E-state index is -0.925. The lowest BCUT2D eigenvalue weighted by Crippen LogP contribution is -2.61. The first-order chi connectivity index (χ1) is 16.4. The van der Waals surface area contributed by atoms with Gasteiger partial charge >= 0.3 is 11.9 Å². The van der Waals surface area contributed by atoms with Gasteiger partial charge in [-0.05, 0) is 36.7 Å². The van der Waals surface area contributed by atoms with Gasteiger partial charge < -0.3 is 19.2 Å². The Balaban J connectivity index is 1.49. The van der Waals surface area contributed by atoms with Gasteiger partial charge in [0.25, 0.3) is 0 Å². The monoisotopic (exact) mass is 483 g/mol. The van der Waals surface area contributed by atoms with Crippen LogP contribution in [-0.4, -0.2) is 42.2 Å². The number of ketones is 2. The van der Waals surface area contributed by atoms with Crippen molar-refractivity contribution in [1.82, 2.24) is 5.32 Å². The Kier molecular flexibility index (Phi) is 5.40. The van der Waals surface area contributed by atoms with Crippen LogP contribution in [0.1, 0.15) is 65.0 Å². The van der Waals surface area contributed by atoms with E-state index >= 15 is 0 Å². The molecule has 0 amide bonds. The molecule has 0 radical (unpaired) electrons. The Bertz CT molecular complexity index is 1120. The van der Waals surface area contributed by atoms with Gasteiger partial charge in [-0.3, -0.25) is 14.4 Å². The van der Waals surface area contributed by atoms with Crippen molar-refractivity contribution >= 4 is 23.5 Å². The lowest BCUT2D eigenvalue weighted by molar-refractivity contribution is -0.156. The molecular weight excluding hydrogens is 450 g/mol. The van der Waals surface area contributed by atoms with E-state index in [1.54, 1.807) is 12.3 Å². The second-order valence-corrected chi connectivity index (χ2v) is 11.6. The predicted octanol–water partition coefficient (Wildman–Crippen LogP) is 3.31. The van der Waals surface area contributed by atoms with Gasteiger partial charge in [0, 0.05) is 46.9 Å². The number of methoxy groups -OCH3 is 1. The molecule has 3 fully saturated rings. The molecule has 7 atom stereocenters. The van der Waals surface area contributed by atoms with Gasteiger partial charge in [0.15, 0.2) is 5.78 Å². The highest BCUT2D eigenvalue weighted by Gasteiger charge is 2.65. The number of esters is 2. The number of cyclic esters (lactones) is 1. The minimum absolute atomic E-state index is 0.0852. The molecule has 1 saturated heterocycles. The summed E-state index contributed by atoms with van der Waals surface area (Å²) in [6, 6.07) is 1.50. The van der Waals surface area contributed by atoms with Gasteiger partial charge in [-0.1, -0.05) is 27.7 Å². The van der Waals surface area contributed by atoms with E-state index in [1.165, 1.54) is 19.4 Å². The lowest BCUT2D eigenvalue weighted by atomic mass is 9.56. The smallest absolute Gasteiger partial charge is 0.331 e. The molecule has 1 spiro atoms. The third-order valence-corrected chi connectivity index (χ3v) is 9.48. The Labute approximate surface area is 204 Å². The molecule has 5 rings (SSSR count). The number of rotatable bonds is 3. The molecule has 1 aromatic rings. The molecule has 2 aliphatic heterocycles. The summed E-state index contributed by atoms with van der Waals surface area (Å²) < 4.78 is 15.8. The molecule has 7 unspecified atom stereocenters. The second kappa shape index (κ2) is 7.88. The van der Waals surface area contributed by atoms with Crippen LogP contribution in [0.5, 0.6) is 0 Å². The average molecular weight is 484 g/mol. The van der Waals surface area contributed by atoms with Crippen LogP contribution in [0.15, 0.2) is 34.7 Å². The summed E-state index contributed by atoms with van der Waals surface area (Å²) in [5.74, 6) is -1.79. The summed E-state index contributed by atoms with van der Waals surface area (Å²) in [5, 5.41) is 3.60. The third-order valence-electron chi connectivity index (χ3n) is 9.48. The van der Waals surface area contributed by atoms with Crippen LogP contribution in [0.4, 0.5) is 0 Å². The quantitative estimate of drug-likeness (QED) is 0.652. The van der Waals surface area contributed by atoms with Crippen LogP contribution in [0.25, 0.3) is 0 Å². The summed E-state index contributed by atoms with van der Waals surface area (Å²) in [6.07, 6.45) is 5.48. The van der Waals surface area contributed by atoms with Crippen molar-refractivity contribution in [1.29, 1.82) is 0 Å². The van der Waals surface area contributed by atoms with Gasteiger partial charge in [0.1, 0.15) is 11.9 Å². The van der Waals surface area contributed by atoms with E-state index in [9.17, 15) is 19.2 Å². The lowest BCUT2D eigenvalue weighted by Gasteiger charge is -2.50. The summed E-state index contributed by atoms with van der Waals surface area (Å²) >= 11 is 0. The van der Waals surface area contributed by atoms with Gasteiger partial charge in [-0.15, -0.1) is 0 Å². The zero-order chi connectivity index (χ0) is 25.3. The predicted molar refractivity (Wildman–Crippen MR) is 124 cm³/mol. The number of carbonyl (C=O) groups is 4. The highest BCUT2D eigenvalue weighted by Crippen LogP contribution is 2.59. The number of hydrogen-bond acceptors (Lipinski definition) is 8. The van der Waals surface area contributed by atoms with Gasteiger partial charge in [-0.2, -0.15) is 0 Å². The van der Waals surface area contributed by atoms with Crippen LogP contribution in [-0.2, 0) is 28.7 Å². The van der Waals surface area contributed by atoms with E-state index in [0.717, 1.165) is 5.56 Å². The molecule has 35 heavy (non-hydrogen) atoms. The maximum atomic E-state index is 14.2. The summed E-state index contributed by atoms with van der Waals surface area (Å²) in [6.45, 7) is 7.97. The number of furan rings is 1. The molecule has 0 bridgehead atoms. The zero-order valence-corrected chi connectivity index (χ0v) is 20.9. The molecule has 8 nitrogen and oxygen atoms in total. The van der Waals surface area contributed by atoms with E-state index in [4.69, 9.17) is 13.9 Å². The van der Waals surface area contributed by atoms with Crippen molar-refractivity contribution in [3.05, 3.63) is 35.8 Å². The minimum Gasteiger partial charge on any atom is -0.472 e. The van der Waals surface area contributed by atoms with E-state index in [-0.39, 0.29) is 47.8 Å². The fourth-order valence-electron chi connectivity index (χ4n) is 7.37. The molecule has 8 heteroatoms. The van der Waals surface area contributed by atoms with Crippen LogP contribution in [0.3, 0.4) is 0 Å². The SMILES string of the molecule is COC(=O)CC1C(C)C(=O)C2CC3(CCC4(C)C(=CC(=O)OC4c4ccoc4)C3=O)NC2C1(C)C. The number of hydrogen-bond donors (Lipinski definition) is 1. The number of Topliss-reactive ketones (excluding diaryl/α,β-unsaturated/α-hetero) is 2. The van der Waals surface area contributed by atoms with Crippen LogP contribution in [0.2, 0.25) is 0 Å². The number of fused-ring (bicyclic) bond motifs is 2. The molecule has 4 aliphatic rings. The molecule has 0 aromatic carbocycles. The van der Waals surface area contributed by atoms with Gasteiger partial charge in [0.2, 0.25) is 0 Å². The maximum absolute atomic E-state index is 14.2. The largest absolute Gasteiger partial charge is 0.472 e. The first-order valence-corrected chi connectivity index (χ1v) is 12.3. The Hall–Kier alpha value is -2.74. The molecule has 188 valence electrons. The normalized spacial score (nSPS) is 40.1. The molecule has 3 heterocycles. The molecule has 1 N–H and O–H groups in total. The topological polar surface area (TPSA) is 112 Å². The van der Waals surface area contributed by atoms with E-state index < -0.39 is 28.4 Å². The van der Waals surface area contributed by atoms with Gasteiger partial charge in [0.05, 0.1) is 25.2 Å². The highest BCUT2D eigenvalue weighted by molar-refractivity contribution is 6.09. The van der Waals surface area contributed by atoms with Crippen molar-refractivity contribution in [2.24, 2.45) is 28.6 Å². The molecule has 2 saturated carbocycles. The zero-order valence-electron chi connectivity index (χ0n) is 20.9. The highest BCUT2D eigenvalue weighted by atomic mass is 16.5. The Morgan fingerprint density at radius 3 is 2.60 bits per heavy atom. The number of ether oxygens (including phenoxy) is 2. The second-order valence-electron chi connectivity index (χ2n) is 11.6. The summed E-state index contributed by atoms with van der Waals surface area (Å²) in [5.41, 5.74) is -0.863. The standard InChI is InChI=1S/C27H33NO7/c1-14-17(10-19(29)33-5)25(2,3)22-16(21(14)31)12-27(28-22)8-7-26(4)18(23(27)32)11-20(30)35-24(26)15-6-9-34-13-15/h6,9,11,13-14,16-17,22,24,28H,7-8,10,12H2,1-5H3. The van der Waals surface area contributed by atoms with Crippen molar-refractivity contribution in [2.75, 3.05) is 7.11 Å². The van der Waals surface area contributed by atoms with Crippen LogP contribution >= 0.6 is 0 Å². The summed E-state index contributed by atoms with van der Waals surface area (Å²) in [4.78, 5) is 52.3. The van der Waals surface area contributed by atoms with E-state index in [2.05, 4.69) is 19.2 Å². The van der Waals surface area contributed by atoms with Crippen molar-refractivity contribution in [3.8, 4) is 0 Å². The third kappa shape index (κ3) is 3.36.